The third-order valence-electron chi connectivity index (χ3n) is 6.48. The molecule has 1 heterocycles. The Morgan fingerprint density at radius 2 is 1.67 bits per heavy atom. The van der Waals surface area contributed by atoms with Crippen LogP contribution in [0.15, 0.2) is 78.9 Å². The highest BCUT2D eigenvalue weighted by Crippen LogP contribution is 2.36. The van der Waals surface area contributed by atoms with Crippen LogP contribution in [0.5, 0.6) is 5.75 Å². The Bertz CT molecular complexity index is 1130. The average Bonchev–Trinajstić information content (AvgIpc) is 3.29. The highest BCUT2D eigenvalue weighted by molar-refractivity contribution is 5.86. The number of nitrogens with one attached hydrogen (secondary N) is 1. The Hall–Kier alpha value is -3.60. The second kappa shape index (κ2) is 9.90. The van der Waals surface area contributed by atoms with E-state index in [9.17, 15) is 9.59 Å². The normalized spacial score (nSPS) is 17.6. The zero-order chi connectivity index (χ0) is 23.3. The van der Waals surface area contributed by atoms with Gasteiger partial charge in [-0.2, -0.15) is 0 Å². The second-order valence-electron chi connectivity index (χ2n) is 8.70. The number of ether oxygens (including phenoxy) is 1. The van der Waals surface area contributed by atoms with E-state index in [1.54, 1.807) is 14.2 Å². The van der Waals surface area contributed by atoms with Crippen molar-refractivity contribution in [3.05, 3.63) is 90.0 Å². The first-order valence-electron chi connectivity index (χ1n) is 11.3. The molecule has 3 aromatic carbocycles. The van der Waals surface area contributed by atoms with Crippen molar-refractivity contribution in [3.63, 3.8) is 0 Å². The maximum absolute atomic E-state index is 13.1. The zero-order valence-corrected chi connectivity index (χ0v) is 19.2. The lowest BCUT2D eigenvalue weighted by Crippen LogP contribution is -2.44. The van der Waals surface area contributed by atoms with Crippen LogP contribution in [-0.4, -0.2) is 44.0 Å². The number of hydrogen-bond acceptors (Lipinski definition) is 3. The fourth-order valence-electron chi connectivity index (χ4n) is 4.71. The predicted molar refractivity (Wildman–Crippen MR) is 130 cm³/mol. The number of nitrogens with zero attached hydrogens (tertiary/aromatic N) is 1. The molecule has 3 aromatic rings. The Labute approximate surface area is 195 Å². The van der Waals surface area contributed by atoms with Gasteiger partial charge in [0.05, 0.1) is 18.9 Å². The number of amides is 2. The van der Waals surface area contributed by atoms with Gasteiger partial charge in [0.15, 0.2) is 0 Å². The van der Waals surface area contributed by atoms with E-state index in [4.69, 9.17) is 4.74 Å². The van der Waals surface area contributed by atoms with Crippen LogP contribution < -0.4 is 10.1 Å². The van der Waals surface area contributed by atoms with Crippen molar-refractivity contribution in [2.75, 3.05) is 27.2 Å². The van der Waals surface area contributed by atoms with Crippen molar-refractivity contribution in [2.24, 2.45) is 5.41 Å². The molecule has 170 valence electrons. The summed E-state index contributed by atoms with van der Waals surface area (Å²) in [4.78, 5) is 27.9. The summed E-state index contributed by atoms with van der Waals surface area (Å²) in [6, 6.07) is 26.1. The highest BCUT2D eigenvalue weighted by Gasteiger charge is 2.45. The standard InChI is InChI=1S/C28H30N2O3/c1-29-27(32)28(19-22-9-6-12-24(16-22)23-10-4-3-5-11-23)14-15-30(20-28)26(31)18-21-8-7-13-25(17-21)33-2/h3-13,16-17H,14-15,18-20H2,1-2H3,(H,29,32)/t28-/m0/s1. The molecule has 0 aliphatic carbocycles. The van der Waals surface area contributed by atoms with Gasteiger partial charge in [0, 0.05) is 20.1 Å². The topological polar surface area (TPSA) is 58.6 Å². The van der Waals surface area contributed by atoms with Gasteiger partial charge in [0.2, 0.25) is 11.8 Å². The van der Waals surface area contributed by atoms with Crippen molar-refractivity contribution in [2.45, 2.75) is 19.3 Å². The lowest BCUT2D eigenvalue weighted by Gasteiger charge is -2.28. The molecule has 1 aliphatic heterocycles. The fraction of sp³-hybridized carbons (Fsp3) is 0.286. The van der Waals surface area contributed by atoms with Crippen LogP contribution >= 0.6 is 0 Å². The van der Waals surface area contributed by atoms with E-state index >= 15 is 0 Å². The van der Waals surface area contributed by atoms with E-state index in [2.05, 4.69) is 35.6 Å². The summed E-state index contributed by atoms with van der Waals surface area (Å²) < 4.78 is 5.27. The fourth-order valence-corrected chi connectivity index (χ4v) is 4.71. The number of likely N-dealkylation sites (tertiary alicyclic amines) is 1. The van der Waals surface area contributed by atoms with E-state index in [0.29, 0.717) is 32.4 Å². The quantitative estimate of drug-likeness (QED) is 0.599. The lowest BCUT2D eigenvalue weighted by molar-refractivity contribution is -0.132. The third-order valence-corrected chi connectivity index (χ3v) is 6.48. The molecule has 1 N–H and O–H groups in total. The maximum Gasteiger partial charge on any atom is 0.228 e. The van der Waals surface area contributed by atoms with Crippen LogP contribution in [0, 0.1) is 5.41 Å². The molecule has 2 amide bonds. The molecule has 0 spiro atoms. The van der Waals surface area contributed by atoms with Gasteiger partial charge in [-0.1, -0.05) is 66.7 Å². The first-order valence-corrected chi connectivity index (χ1v) is 11.3. The van der Waals surface area contributed by atoms with Crippen molar-refractivity contribution < 1.29 is 14.3 Å². The molecule has 33 heavy (non-hydrogen) atoms. The van der Waals surface area contributed by atoms with E-state index < -0.39 is 5.41 Å². The molecule has 0 aromatic heterocycles. The monoisotopic (exact) mass is 442 g/mol. The predicted octanol–water partition coefficient (Wildman–Crippen LogP) is 4.11. The van der Waals surface area contributed by atoms with Crippen molar-refractivity contribution in [1.82, 2.24) is 10.2 Å². The molecule has 4 rings (SSSR count). The van der Waals surface area contributed by atoms with Gasteiger partial charge in [0.25, 0.3) is 0 Å². The van der Waals surface area contributed by atoms with Crippen LogP contribution in [0.2, 0.25) is 0 Å². The van der Waals surface area contributed by atoms with Crippen LogP contribution in [0.3, 0.4) is 0 Å². The minimum atomic E-state index is -0.631. The molecule has 5 heteroatoms. The van der Waals surface area contributed by atoms with Gasteiger partial charge in [-0.05, 0) is 47.2 Å². The molecule has 1 atom stereocenters. The average molecular weight is 443 g/mol. The summed E-state index contributed by atoms with van der Waals surface area (Å²) in [5, 5.41) is 2.85. The SMILES string of the molecule is CNC(=O)[C@]1(Cc2cccc(-c3ccccc3)c2)CCN(C(=O)Cc2cccc(OC)c2)C1. The van der Waals surface area contributed by atoms with Crippen LogP contribution in [0.25, 0.3) is 11.1 Å². The smallest absolute Gasteiger partial charge is 0.228 e. The maximum atomic E-state index is 13.1. The van der Waals surface area contributed by atoms with Gasteiger partial charge in [0.1, 0.15) is 5.75 Å². The summed E-state index contributed by atoms with van der Waals surface area (Å²) in [6.07, 6.45) is 1.53. The Morgan fingerprint density at radius 3 is 2.42 bits per heavy atom. The van der Waals surface area contributed by atoms with Crippen molar-refractivity contribution in [3.8, 4) is 16.9 Å². The first-order chi connectivity index (χ1) is 16.0. The van der Waals surface area contributed by atoms with Crippen molar-refractivity contribution in [1.29, 1.82) is 0 Å². The Morgan fingerprint density at radius 1 is 0.939 bits per heavy atom. The highest BCUT2D eigenvalue weighted by atomic mass is 16.5. The molecule has 1 fully saturated rings. The van der Waals surface area contributed by atoms with E-state index in [1.807, 2.05) is 53.4 Å². The molecule has 0 unspecified atom stereocenters. The molecule has 0 saturated carbocycles. The molecular weight excluding hydrogens is 412 g/mol. The number of benzene rings is 3. The van der Waals surface area contributed by atoms with Crippen LogP contribution in [-0.2, 0) is 22.4 Å². The summed E-state index contributed by atoms with van der Waals surface area (Å²) >= 11 is 0. The summed E-state index contributed by atoms with van der Waals surface area (Å²) in [6.45, 7) is 1.000. The van der Waals surface area contributed by atoms with E-state index in [0.717, 1.165) is 28.0 Å². The molecular formula is C28H30N2O3. The number of carbonyl (C=O) groups excluding carboxylic acids is 2. The minimum absolute atomic E-state index is 0.00991. The zero-order valence-electron chi connectivity index (χ0n) is 19.2. The largest absolute Gasteiger partial charge is 0.497 e. The van der Waals surface area contributed by atoms with Gasteiger partial charge in [-0.25, -0.2) is 0 Å². The number of carbonyl (C=O) groups is 2. The molecule has 1 saturated heterocycles. The Balaban J connectivity index is 1.52. The van der Waals surface area contributed by atoms with Gasteiger partial charge in [-0.15, -0.1) is 0 Å². The van der Waals surface area contributed by atoms with Crippen molar-refractivity contribution >= 4 is 11.8 Å². The molecule has 0 radical (unpaired) electrons. The van der Waals surface area contributed by atoms with E-state index in [-0.39, 0.29) is 11.8 Å². The molecule has 0 bridgehead atoms. The molecule has 5 nitrogen and oxygen atoms in total. The molecule has 1 aliphatic rings. The lowest BCUT2D eigenvalue weighted by atomic mass is 9.79. The number of rotatable bonds is 7. The first kappa shape index (κ1) is 22.6. The summed E-state index contributed by atoms with van der Waals surface area (Å²) in [7, 11) is 3.29. The number of hydrogen-bond donors (Lipinski definition) is 1. The van der Waals surface area contributed by atoms with Crippen LogP contribution in [0.1, 0.15) is 17.5 Å². The van der Waals surface area contributed by atoms with Gasteiger partial charge >= 0.3 is 0 Å². The summed E-state index contributed by atoms with van der Waals surface area (Å²) in [5.41, 5.74) is 3.65. The van der Waals surface area contributed by atoms with Gasteiger partial charge < -0.3 is 15.0 Å². The third kappa shape index (κ3) is 5.08. The second-order valence-corrected chi connectivity index (χ2v) is 8.70. The Kier molecular flexibility index (Phi) is 6.78. The minimum Gasteiger partial charge on any atom is -0.497 e. The van der Waals surface area contributed by atoms with Gasteiger partial charge in [-0.3, -0.25) is 9.59 Å². The van der Waals surface area contributed by atoms with E-state index in [1.165, 1.54) is 0 Å². The van der Waals surface area contributed by atoms with Crippen LogP contribution in [0.4, 0.5) is 0 Å². The summed E-state index contributed by atoms with van der Waals surface area (Å²) in [5.74, 6) is 0.760. The number of methoxy groups -OCH3 is 1.